The SMILES string of the molecule is CCc1noc(-c2cccn3c(CNC(=O)c4cc5ccccc5[nH]4)nnc23)n1. The Balaban J connectivity index is 1.39. The minimum Gasteiger partial charge on any atom is -0.351 e. The van der Waals surface area contributed by atoms with Crippen molar-refractivity contribution < 1.29 is 9.32 Å². The van der Waals surface area contributed by atoms with Crippen LogP contribution in [0.3, 0.4) is 0 Å². The van der Waals surface area contributed by atoms with Crippen molar-refractivity contribution in [3.63, 3.8) is 0 Å². The van der Waals surface area contributed by atoms with Gasteiger partial charge in [0.05, 0.1) is 12.1 Å². The molecule has 5 rings (SSSR count). The molecule has 9 nitrogen and oxygen atoms in total. The number of carbonyl (C=O) groups excluding carboxylic acids is 1. The van der Waals surface area contributed by atoms with Gasteiger partial charge < -0.3 is 14.8 Å². The lowest BCUT2D eigenvalue weighted by molar-refractivity contribution is 0.0945. The average Bonchev–Trinajstić information content (AvgIpc) is 3.49. The summed E-state index contributed by atoms with van der Waals surface area (Å²) < 4.78 is 7.13. The maximum atomic E-state index is 12.5. The van der Waals surface area contributed by atoms with Crippen molar-refractivity contribution in [2.24, 2.45) is 0 Å². The monoisotopic (exact) mass is 387 g/mol. The first-order chi connectivity index (χ1) is 14.2. The molecule has 0 aliphatic carbocycles. The number of nitrogens with one attached hydrogen (secondary N) is 2. The Morgan fingerprint density at radius 3 is 2.93 bits per heavy atom. The predicted octanol–water partition coefficient (Wildman–Crippen LogP) is 2.75. The summed E-state index contributed by atoms with van der Waals surface area (Å²) in [7, 11) is 0. The smallest absolute Gasteiger partial charge is 0.268 e. The molecule has 0 unspecified atom stereocenters. The van der Waals surface area contributed by atoms with Gasteiger partial charge in [0.2, 0.25) is 0 Å². The molecule has 144 valence electrons. The van der Waals surface area contributed by atoms with E-state index in [2.05, 4.69) is 30.6 Å². The zero-order chi connectivity index (χ0) is 19.8. The second kappa shape index (κ2) is 6.86. The molecule has 0 saturated heterocycles. The van der Waals surface area contributed by atoms with Crippen molar-refractivity contribution in [1.29, 1.82) is 0 Å². The molecule has 0 radical (unpaired) electrons. The van der Waals surface area contributed by atoms with E-state index in [-0.39, 0.29) is 12.5 Å². The number of H-pyrrole nitrogens is 1. The quantitative estimate of drug-likeness (QED) is 0.479. The van der Waals surface area contributed by atoms with Crippen LogP contribution < -0.4 is 5.32 Å². The molecule has 2 N–H and O–H groups in total. The Kier molecular flexibility index (Phi) is 4.05. The number of aromatic nitrogens is 6. The summed E-state index contributed by atoms with van der Waals surface area (Å²) in [5.74, 6) is 1.42. The van der Waals surface area contributed by atoms with Gasteiger partial charge in [0.15, 0.2) is 17.3 Å². The minimum absolute atomic E-state index is 0.210. The molecular weight excluding hydrogens is 370 g/mol. The number of para-hydroxylation sites is 1. The van der Waals surface area contributed by atoms with Crippen LogP contribution in [0, 0.1) is 0 Å². The summed E-state index contributed by atoms with van der Waals surface area (Å²) in [6, 6.07) is 13.3. The zero-order valence-corrected chi connectivity index (χ0v) is 15.6. The highest BCUT2D eigenvalue weighted by Crippen LogP contribution is 2.22. The summed E-state index contributed by atoms with van der Waals surface area (Å²) in [5, 5.41) is 16.3. The third-order valence-corrected chi connectivity index (χ3v) is 4.70. The molecule has 29 heavy (non-hydrogen) atoms. The molecule has 0 saturated carbocycles. The number of rotatable bonds is 5. The van der Waals surface area contributed by atoms with Crippen LogP contribution in [-0.4, -0.2) is 35.6 Å². The predicted molar refractivity (Wildman–Crippen MR) is 105 cm³/mol. The fourth-order valence-electron chi connectivity index (χ4n) is 3.21. The topological polar surface area (TPSA) is 114 Å². The maximum absolute atomic E-state index is 12.5. The van der Waals surface area contributed by atoms with E-state index in [1.165, 1.54) is 0 Å². The molecule has 1 amide bonds. The third kappa shape index (κ3) is 3.02. The maximum Gasteiger partial charge on any atom is 0.268 e. The number of fused-ring (bicyclic) bond motifs is 2. The molecule has 9 heteroatoms. The Hall–Kier alpha value is -4.01. The van der Waals surface area contributed by atoms with Gasteiger partial charge in [-0.05, 0) is 24.3 Å². The standard InChI is InChI=1S/C20H17N7O2/c1-2-16-23-20(29-26-16)13-7-5-9-27-17(24-25-18(13)27)11-21-19(28)15-10-12-6-3-4-8-14(12)22-15/h3-10,22H,2,11H2,1H3,(H,21,28). The van der Waals surface area contributed by atoms with E-state index >= 15 is 0 Å². The first kappa shape index (κ1) is 17.1. The molecule has 4 aromatic heterocycles. The number of hydrogen-bond donors (Lipinski definition) is 2. The number of aryl methyl sites for hydroxylation is 1. The number of nitrogens with zero attached hydrogens (tertiary/aromatic N) is 5. The van der Waals surface area contributed by atoms with Crippen molar-refractivity contribution in [3.05, 3.63) is 66.0 Å². The van der Waals surface area contributed by atoms with Gasteiger partial charge in [-0.1, -0.05) is 30.3 Å². The second-order valence-electron chi connectivity index (χ2n) is 6.55. The van der Waals surface area contributed by atoms with Crippen LogP contribution in [0.4, 0.5) is 0 Å². The van der Waals surface area contributed by atoms with Gasteiger partial charge in [-0.25, -0.2) is 0 Å². The number of hydrogen-bond acceptors (Lipinski definition) is 6. The van der Waals surface area contributed by atoms with Crippen LogP contribution in [-0.2, 0) is 13.0 Å². The highest BCUT2D eigenvalue weighted by molar-refractivity contribution is 5.97. The lowest BCUT2D eigenvalue weighted by Gasteiger charge is -2.03. The van der Waals surface area contributed by atoms with E-state index in [1.54, 1.807) is 4.40 Å². The van der Waals surface area contributed by atoms with Crippen LogP contribution in [0.2, 0.25) is 0 Å². The van der Waals surface area contributed by atoms with Crippen molar-refractivity contribution in [2.75, 3.05) is 0 Å². The zero-order valence-electron chi connectivity index (χ0n) is 15.6. The number of carbonyl (C=O) groups is 1. The summed E-state index contributed by atoms with van der Waals surface area (Å²) in [6.45, 7) is 2.18. The van der Waals surface area contributed by atoms with Crippen LogP contribution in [0.1, 0.15) is 29.1 Å². The van der Waals surface area contributed by atoms with Crippen LogP contribution in [0.25, 0.3) is 28.0 Å². The van der Waals surface area contributed by atoms with Crippen molar-refractivity contribution in [1.82, 2.24) is 35.0 Å². The van der Waals surface area contributed by atoms with Gasteiger partial charge >= 0.3 is 0 Å². The van der Waals surface area contributed by atoms with E-state index in [1.807, 2.05) is 55.6 Å². The molecule has 0 aliphatic rings. The highest BCUT2D eigenvalue weighted by Gasteiger charge is 2.16. The number of pyridine rings is 1. The number of benzene rings is 1. The van der Waals surface area contributed by atoms with Crippen LogP contribution in [0.5, 0.6) is 0 Å². The first-order valence-electron chi connectivity index (χ1n) is 9.24. The van der Waals surface area contributed by atoms with E-state index in [0.717, 1.165) is 10.9 Å². The van der Waals surface area contributed by atoms with Gasteiger partial charge in [-0.3, -0.25) is 9.20 Å². The molecule has 0 bridgehead atoms. The van der Waals surface area contributed by atoms with Crippen LogP contribution in [0.15, 0.2) is 53.2 Å². The van der Waals surface area contributed by atoms with E-state index in [0.29, 0.717) is 40.9 Å². The molecule has 0 spiro atoms. The minimum atomic E-state index is -0.210. The molecule has 0 fully saturated rings. The second-order valence-corrected chi connectivity index (χ2v) is 6.55. The van der Waals surface area contributed by atoms with E-state index in [4.69, 9.17) is 4.52 Å². The molecule has 4 heterocycles. The van der Waals surface area contributed by atoms with Gasteiger partial charge in [0.25, 0.3) is 11.8 Å². The van der Waals surface area contributed by atoms with Gasteiger partial charge in [-0.2, -0.15) is 4.98 Å². The highest BCUT2D eigenvalue weighted by atomic mass is 16.5. The Bertz CT molecular complexity index is 1300. The lowest BCUT2D eigenvalue weighted by atomic mass is 10.2. The molecule has 0 atom stereocenters. The number of amides is 1. The Morgan fingerprint density at radius 2 is 2.10 bits per heavy atom. The number of aromatic amines is 1. The summed E-state index contributed by atoms with van der Waals surface area (Å²) in [4.78, 5) is 20.0. The molecule has 1 aromatic carbocycles. The van der Waals surface area contributed by atoms with Crippen molar-refractivity contribution in [2.45, 2.75) is 19.9 Å². The molecular formula is C20H17N7O2. The molecule has 5 aromatic rings. The molecule has 0 aliphatic heterocycles. The van der Waals surface area contributed by atoms with Gasteiger partial charge in [0, 0.05) is 23.5 Å². The average molecular weight is 387 g/mol. The Labute approximate surface area is 164 Å². The summed E-state index contributed by atoms with van der Waals surface area (Å²) in [6.07, 6.45) is 2.52. The van der Waals surface area contributed by atoms with Crippen molar-refractivity contribution >= 4 is 22.5 Å². The first-order valence-corrected chi connectivity index (χ1v) is 9.24. The van der Waals surface area contributed by atoms with E-state index in [9.17, 15) is 4.79 Å². The van der Waals surface area contributed by atoms with Gasteiger partial charge in [0.1, 0.15) is 5.69 Å². The van der Waals surface area contributed by atoms with Crippen molar-refractivity contribution in [3.8, 4) is 11.5 Å². The fourth-order valence-corrected chi connectivity index (χ4v) is 3.21. The van der Waals surface area contributed by atoms with E-state index < -0.39 is 0 Å². The van der Waals surface area contributed by atoms with Crippen LogP contribution >= 0.6 is 0 Å². The third-order valence-electron chi connectivity index (χ3n) is 4.70. The Morgan fingerprint density at radius 1 is 1.21 bits per heavy atom. The lowest BCUT2D eigenvalue weighted by Crippen LogP contribution is -2.24. The largest absolute Gasteiger partial charge is 0.351 e. The summed E-state index contributed by atoms with van der Waals surface area (Å²) in [5.41, 5.74) is 2.70. The summed E-state index contributed by atoms with van der Waals surface area (Å²) >= 11 is 0. The normalized spacial score (nSPS) is 11.3. The fraction of sp³-hybridized carbons (Fsp3) is 0.150. The van der Waals surface area contributed by atoms with Gasteiger partial charge in [-0.15, -0.1) is 10.2 Å².